The Hall–Kier alpha value is -2.53. The number of rotatable bonds is 7. The summed E-state index contributed by atoms with van der Waals surface area (Å²) in [6, 6.07) is 8.87. The summed E-state index contributed by atoms with van der Waals surface area (Å²) in [6.45, 7) is 0.345. The van der Waals surface area contributed by atoms with Crippen LogP contribution >= 0.6 is 0 Å². The number of pyridine rings is 1. The van der Waals surface area contributed by atoms with E-state index in [1.54, 1.807) is 12.1 Å². The van der Waals surface area contributed by atoms with Gasteiger partial charge in [-0.05, 0) is 54.8 Å². The van der Waals surface area contributed by atoms with Crippen LogP contribution < -0.4 is 10.5 Å². The second-order valence-electron chi connectivity index (χ2n) is 7.08. The van der Waals surface area contributed by atoms with Crippen molar-refractivity contribution in [2.45, 2.75) is 29.2 Å². The number of methoxy groups -OCH3 is 1. The van der Waals surface area contributed by atoms with Gasteiger partial charge in [-0.15, -0.1) is 0 Å². The van der Waals surface area contributed by atoms with Crippen LogP contribution in [-0.4, -0.2) is 54.8 Å². The molecule has 9 nitrogen and oxygen atoms in total. The highest BCUT2D eigenvalue weighted by Crippen LogP contribution is 2.36. The van der Waals surface area contributed by atoms with Gasteiger partial charge in [0.2, 0.25) is 14.7 Å². The molecule has 1 saturated heterocycles. The average molecular weight is 436 g/mol. The van der Waals surface area contributed by atoms with Crippen LogP contribution in [0.3, 0.4) is 0 Å². The van der Waals surface area contributed by atoms with Crippen LogP contribution in [-0.2, 0) is 25.9 Å². The van der Waals surface area contributed by atoms with Crippen molar-refractivity contribution in [3.8, 4) is 5.75 Å². The van der Waals surface area contributed by atoms with E-state index >= 15 is 0 Å². The van der Waals surface area contributed by atoms with Gasteiger partial charge in [-0.2, -0.15) is 0 Å². The molecule has 0 bridgehead atoms. The Balaban J connectivity index is 2.00. The van der Waals surface area contributed by atoms with Gasteiger partial charge in [-0.3, -0.25) is 15.0 Å². The number of ether oxygens (including phenoxy) is 2. The molecule has 162 valence electrons. The number of benzene rings is 1. The number of aromatic nitrogens is 1. The van der Waals surface area contributed by atoms with Gasteiger partial charge in [-0.1, -0.05) is 0 Å². The first-order chi connectivity index (χ1) is 14.3. The van der Waals surface area contributed by atoms with E-state index in [9.17, 15) is 18.4 Å². The fourth-order valence-corrected chi connectivity index (χ4v) is 5.41. The smallest absolute Gasteiger partial charge is 0.282 e. The molecule has 1 aromatic heterocycles. The standard InChI is InChI=1S/C20H25N3O6S/c1-28-17-2-4-18(5-3-17)30(26,27)20(21,16-8-12-29-13-9-16)19(24)23(25)14-15-6-10-22-11-7-15/h2-7,10-11,16,25H,8-9,12-14,21H2,1H3/t20-/m1/s1. The molecule has 3 rings (SSSR count). The summed E-state index contributed by atoms with van der Waals surface area (Å²) in [5.74, 6) is -1.34. The zero-order valence-corrected chi connectivity index (χ0v) is 17.4. The van der Waals surface area contributed by atoms with Gasteiger partial charge in [0.25, 0.3) is 5.91 Å². The first kappa shape index (κ1) is 22.2. The number of nitrogens with zero attached hydrogens (tertiary/aromatic N) is 2. The molecule has 0 aliphatic carbocycles. The van der Waals surface area contributed by atoms with E-state index in [1.807, 2.05) is 0 Å². The van der Waals surface area contributed by atoms with E-state index in [-0.39, 0.29) is 37.5 Å². The number of carbonyl (C=O) groups excluding carboxylic acids is 1. The monoisotopic (exact) mass is 435 g/mol. The maximum atomic E-state index is 13.6. The Morgan fingerprint density at radius 1 is 1.23 bits per heavy atom. The molecule has 1 aliphatic rings. The third-order valence-electron chi connectivity index (χ3n) is 5.29. The van der Waals surface area contributed by atoms with E-state index in [1.165, 1.54) is 43.8 Å². The van der Waals surface area contributed by atoms with Crippen LogP contribution in [0, 0.1) is 5.92 Å². The highest BCUT2D eigenvalue weighted by molar-refractivity contribution is 7.93. The lowest BCUT2D eigenvalue weighted by Gasteiger charge is -2.39. The Morgan fingerprint density at radius 3 is 2.40 bits per heavy atom. The summed E-state index contributed by atoms with van der Waals surface area (Å²) in [5, 5.41) is 10.9. The van der Waals surface area contributed by atoms with Crippen molar-refractivity contribution in [3.63, 3.8) is 0 Å². The number of hydroxylamine groups is 2. The molecule has 1 atom stereocenters. The van der Waals surface area contributed by atoms with Crippen molar-refractivity contribution in [1.82, 2.24) is 10.0 Å². The number of hydrogen-bond donors (Lipinski definition) is 2. The molecule has 0 spiro atoms. The fourth-order valence-electron chi connectivity index (χ4n) is 3.52. The van der Waals surface area contributed by atoms with Gasteiger partial charge in [0, 0.05) is 31.5 Å². The zero-order chi connectivity index (χ0) is 21.8. The van der Waals surface area contributed by atoms with E-state index in [0.717, 1.165) is 0 Å². The zero-order valence-electron chi connectivity index (χ0n) is 16.6. The van der Waals surface area contributed by atoms with Gasteiger partial charge in [0.15, 0.2) is 0 Å². The summed E-state index contributed by atoms with van der Waals surface area (Å²) in [5.41, 5.74) is 6.99. The van der Waals surface area contributed by atoms with E-state index in [0.29, 0.717) is 16.4 Å². The summed E-state index contributed by atoms with van der Waals surface area (Å²) < 4.78 is 37.5. The van der Waals surface area contributed by atoms with Crippen molar-refractivity contribution < 1.29 is 27.9 Å². The number of nitrogens with two attached hydrogens (primary N) is 1. The number of sulfone groups is 1. The van der Waals surface area contributed by atoms with E-state index in [2.05, 4.69) is 4.98 Å². The van der Waals surface area contributed by atoms with Crippen LogP contribution in [0.5, 0.6) is 5.75 Å². The molecule has 30 heavy (non-hydrogen) atoms. The predicted molar refractivity (Wildman–Crippen MR) is 107 cm³/mol. The highest BCUT2D eigenvalue weighted by Gasteiger charge is 2.55. The first-order valence-electron chi connectivity index (χ1n) is 9.45. The molecular formula is C20H25N3O6S. The summed E-state index contributed by atoms with van der Waals surface area (Å²) in [7, 11) is -2.90. The average Bonchev–Trinajstić information content (AvgIpc) is 2.79. The maximum absolute atomic E-state index is 13.6. The van der Waals surface area contributed by atoms with Crippen LogP contribution in [0.15, 0.2) is 53.7 Å². The topological polar surface area (TPSA) is 132 Å². The number of amides is 1. The molecule has 2 heterocycles. The van der Waals surface area contributed by atoms with Gasteiger partial charge in [0.05, 0.1) is 18.6 Å². The lowest BCUT2D eigenvalue weighted by Crippen LogP contribution is -2.64. The quantitative estimate of drug-likeness (QED) is 0.492. The second kappa shape index (κ2) is 9.09. The Kier molecular flexibility index (Phi) is 6.71. The molecule has 1 amide bonds. The second-order valence-corrected chi connectivity index (χ2v) is 9.23. The Labute approximate surface area is 175 Å². The van der Waals surface area contributed by atoms with Gasteiger partial charge < -0.3 is 15.2 Å². The third-order valence-corrected chi connectivity index (χ3v) is 7.58. The lowest BCUT2D eigenvalue weighted by molar-refractivity contribution is -0.173. The summed E-state index contributed by atoms with van der Waals surface area (Å²) in [6.07, 6.45) is 3.58. The Bertz CT molecular complexity index is 962. The minimum atomic E-state index is -4.36. The van der Waals surface area contributed by atoms with Crippen LogP contribution in [0.25, 0.3) is 0 Å². The first-order valence-corrected chi connectivity index (χ1v) is 10.9. The molecule has 0 unspecified atom stereocenters. The number of hydrogen-bond acceptors (Lipinski definition) is 8. The van der Waals surface area contributed by atoms with Gasteiger partial charge >= 0.3 is 0 Å². The molecule has 3 N–H and O–H groups in total. The van der Waals surface area contributed by atoms with Crippen molar-refractivity contribution >= 4 is 15.7 Å². The molecule has 0 radical (unpaired) electrons. The highest BCUT2D eigenvalue weighted by atomic mass is 32.2. The van der Waals surface area contributed by atoms with Crippen LogP contribution in [0.2, 0.25) is 0 Å². The van der Waals surface area contributed by atoms with Crippen molar-refractivity contribution in [2.24, 2.45) is 11.7 Å². The normalized spacial score (nSPS) is 17.2. The fraction of sp³-hybridized carbons (Fsp3) is 0.400. The number of carbonyl (C=O) groups is 1. The lowest BCUT2D eigenvalue weighted by atomic mass is 9.91. The summed E-state index contributed by atoms with van der Waals surface area (Å²) >= 11 is 0. The van der Waals surface area contributed by atoms with Crippen molar-refractivity contribution in [2.75, 3.05) is 20.3 Å². The molecule has 1 aliphatic heterocycles. The minimum absolute atomic E-state index is 0.122. The van der Waals surface area contributed by atoms with E-state index in [4.69, 9.17) is 15.2 Å². The third kappa shape index (κ3) is 4.17. The minimum Gasteiger partial charge on any atom is -0.497 e. The van der Waals surface area contributed by atoms with Crippen LogP contribution in [0.4, 0.5) is 0 Å². The van der Waals surface area contributed by atoms with Crippen molar-refractivity contribution in [1.29, 1.82) is 0 Å². The maximum Gasteiger partial charge on any atom is 0.282 e. The molecular weight excluding hydrogens is 410 g/mol. The van der Waals surface area contributed by atoms with Crippen molar-refractivity contribution in [3.05, 3.63) is 54.4 Å². The Morgan fingerprint density at radius 2 is 1.83 bits per heavy atom. The largest absolute Gasteiger partial charge is 0.497 e. The molecule has 10 heteroatoms. The van der Waals surface area contributed by atoms with Gasteiger partial charge in [0.1, 0.15) is 5.75 Å². The predicted octanol–water partition coefficient (Wildman–Crippen LogP) is 1.36. The van der Waals surface area contributed by atoms with Gasteiger partial charge in [-0.25, -0.2) is 13.5 Å². The molecule has 1 fully saturated rings. The van der Waals surface area contributed by atoms with Crippen LogP contribution in [0.1, 0.15) is 18.4 Å². The molecule has 0 saturated carbocycles. The molecule has 1 aromatic carbocycles. The molecule has 2 aromatic rings. The SMILES string of the molecule is COc1ccc(S(=O)(=O)[C@@](N)(C(=O)N(O)Cc2ccncc2)C2CCOCC2)cc1. The summed E-state index contributed by atoms with van der Waals surface area (Å²) in [4.78, 5) is 14.7. The van der Waals surface area contributed by atoms with E-state index < -0.39 is 26.5 Å².